The van der Waals surface area contributed by atoms with E-state index in [4.69, 9.17) is 19.1 Å². The number of fused-ring (bicyclic) bond motifs is 1. The highest BCUT2D eigenvalue weighted by atomic mass is 19.1. The number of anilines is 4. The molecule has 0 aliphatic rings. The fourth-order valence-electron chi connectivity index (χ4n) is 3.35. The Morgan fingerprint density at radius 1 is 1.08 bits per heavy atom. The first-order chi connectivity index (χ1) is 17.5. The minimum atomic E-state index is -0.631. The summed E-state index contributed by atoms with van der Waals surface area (Å²) in [6.45, 7) is -0.250. The number of hydrogen-bond acceptors (Lipinski definition) is 9. The highest BCUT2D eigenvalue weighted by Gasteiger charge is 2.11. The number of aromatic amines is 1. The minimum absolute atomic E-state index is 0.0273. The molecule has 3 heterocycles. The molecule has 0 saturated carbocycles. The summed E-state index contributed by atoms with van der Waals surface area (Å²) in [5.41, 5.74) is 3.89. The van der Waals surface area contributed by atoms with Crippen molar-refractivity contribution >= 4 is 40.7 Å². The zero-order valence-electron chi connectivity index (χ0n) is 18.7. The van der Waals surface area contributed by atoms with Gasteiger partial charge in [-0.2, -0.15) is 4.98 Å². The number of aromatic nitrogens is 4. The molecule has 5 aromatic rings. The summed E-state index contributed by atoms with van der Waals surface area (Å²) >= 11 is 0. The number of halogens is 1. The largest absolute Gasteiger partial charge is 0.496 e. The molecule has 0 aliphatic carbocycles. The summed E-state index contributed by atoms with van der Waals surface area (Å²) in [6.07, 6.45) is 4.47. The number of ether oxygens (including phenoxy) is 1. The van der Waals surface area contributed by atoms with E-state index in [0.717, 1.165) is 17.3 Å². The summed E-state index contributed by atoms with van der Waals surface area (Å²) in [5, 5.41) is 12.9. The smallest absolute Gasteiger partial charge is 0.417 e. The highest BCUT2D eigenvalue weighted by Crippen LogP contribution is 2.33. The number of carbonyl (C=O) groups is 1. The van der Waals surface area contributed by atoms with Gasteiger partial charge in [0.1, 0.15) is 5.75 Å². The molecular formula is C24H19FN6O5. The van der Waals surface area contributed by atoms with E-state index in [9.17, 15) is 9.18 Å². The standard InChI is InChI=1S/C23H17FN6O3.CH2O2/c1-32-19-4-2-14(10-16(19)13-6-8-25-9-7-13)28-22-26-12-17(24)21(30-22)27-15-3-5-20-18(11-15)29-23(31)33-20;2-1-3/h2-12H,1H3,(H,29,31)(H2,26,27,28,30);1H,(H,2,3). The summed E-state index contributed by atoms with van der Waals surface area (Å²) in [5.74, 6) is -0.328. The van der Waals surface area contributed by atoms with E-state index in [1.807, 2.05) is 30.3 Å². The second-order valence-electron chi connectivity index (χ2n) is 7.12. The summed E-state index contributed by atoms with van der Waals surface area (Å²) in [4.78, 5) is 34.6. The number of nitrogens with zero attached hydrogens (tertiary/aromatic N) is 3. The molecule has 5 rings (SSSR count). The molecule has 0 radical (unpaired) electrons. The lowest BCUT2D eigenvalue weighted by Crippen LogP contribution is -2.03. The predicted molar refractivity (Wildman–Crippen MR) is 130 cm³/mol. The van der Waals surface area contributed by atoms with Gasteiger partial charge >= 0.3 is 5.76 Å². The Kier molecular flexibility index (Phi) is 7.15. The Bertz CT molecular complexity index is 1550. The second kappa shape index (κ2) is 10.8. The molecule has 182 valence electrons. The van der Waals surface area contributed by atoms with Gasteiger partial charge in [0.15, 0.2) is 17.2 Å². The number of nitrogens with one attached hydrogen (secondary N) is 3. The Labute approximate surface area is 202 Å². The van der Waals surface area contributed by atoms with Gasteiger partial charge in [0.05, 0.1) is 18.8 Å². The van der Waals surface area contributed by atoms with Gasteiger partial charge in [0.2, 0.25) is 5.95 Å². The zero-order chi connectivity index (χ0) is 25.5. The number of methoxy groups -OCH3 is 1. The third-order valence-electron chi connectivity index (χ3n) is 4.87. The van der Waals surface area contributed by atoms with E-state index in [-0.39, 0.29) is 18.2 Å². The molecule has 2 aromatic carbocycles. The number of hydrogen-bond donors (Lipinski definition) is 4. The van der Waals surface area contributed by atoms with Crippen molar-refractivity contribution in [3.8, 4) is 16.9 Å². The van der Waals surface area contributed by atoms with Crippen molar-refractivity contribution in [1.29, 1.82) is 0 Å². The molecule has 0 amide bonds. The molecule has 0 unspecified atom stereocenters. The fraction of sp³-hybridized carbons (Fsp3) is 0.0417. The molecule has 0 fully saturated rings. The van der Waals surface area contributed by atoms with Crippen LogP contribution in [0.25, 0.3) is 22.2 Å². The number of oxazole rings is 1. The van der Waals surface area contributed by atoms with E-state index in [1.165, 1.54) is 0 Å². The van der Waals surface area contributed by atoms with E-state index in [1.54, 1.807) is 37.7 Å². The van der Waals surface area contributed by atoms with Crippen LogP contribution in [0.4, 0.5) is 27.5 Å². The van der Waals surface area contributed by atoms with Crippen molar-refractivity contribution in [1.82, 2.24) is 19.9 Å². The Balaban J connectivity index is 0.000000967. The van der Waals surface area contributed by atoms with Crippen LogP contribution in [-0.2, 0) is 4.79 Å². The van der Waals surface area contributed by atoms with Crippen LogP contribution in [0.1, 0.15) is 0 Å². The molecular weight excluding hydrogens is 471 g/mol. The quantitative estimate of drug-likeness (QED) is 0.253. The van der Waals surface area contributed by atoms with Crippen LogP contribution in [0.2, 0.25) is 0 Å². The molecule has 0 saturated heterocycles. The Morgan fingerprint density at radius 2 is 1.81 bits per heavy atom. The average molecular weight is 490 g/mol. The molecule has 3 aromatic heterocycles. The molecule has 0 bridgehead atoms. The Morgan fingerprint density at radius 3 is 2.56 bits per heavy atom. The van der Waals surface area contributed by atoms with E-state index in [2.05, 4.69) is 30.6 Å². The lowest BCUT2D eigenvalue weighted by atomic mass is 10.1. The van der Waals surface area contributed by atoms with Gasteiger partial charge in [-0.05, 0) is 54.1 Å². The lowest BCUT2D eigenvalue weighted by Gasteiger charge is -2.13. The first-order valence-corrected chi connectivity index (χ1v) is 10.4. The van der Waals surface area contributed by atoms with Crippen LogP contribution in [0.5, 0.6) is 5.75 Å². The number of rotatable bonds is 6. The molecule has 0 atom stereocenters. The maximum absolute atomic E-state index is 14.4. The molecule has 0 aliphatic heterocycles. The van der Waals surface area contributed by atoms with Crippen LogP contribution in [0, 0.1) is 5.82 Å². The van der Waals surface area contributed by atoms with Crippen LogP contribution in [0.15, 0.2) is 76.3 Å². The monoisotopic (exact) mass is 490 g/mol. The SMILES string of the molecule is COc1ccc(Nc2ncc(F)c(Nc3ccc4oc(=O)[nH]c4c3)n2)cc1-c1ccncc1.O=CO. The minimum Gasteiger partial charge on any atom is -0.496 e. The van der Waals surface area contributed by atoms with Gasteiger partial charge in [-0.1, -0.05) is 0 Å². The number of carboxylic acid groups (broad SMARTS) is 1. The van der Waals surface area contributed by atoms with Crippen molar-refractivity contribution in [3.05, 3.63) is 83.5 Å². The van der Waals surface area contributed by atoms with Crippen molar-refractivity contribution in [2.45, 2.75) is 0 Å². The fourth-order valence-corrected chi connectivity index (χ4v) is 3.35. The van der Waals surface area contributed by atoms with E-state index < -0.39 is 11.6 Å². The lowest BCUT2D eigenvalue weighted by molar-refractivity contribution is -0.122. The number of benzene rings is 2. The third kappa shape index (κ3) is 5.44. The summed E-state index contributed by atoms with van der Waals surface area (Å²) < 4.78 is 24.8. The van der Waals surface area contributed by atoms with E-state index >= 15 is 0 Å². The van der Waals surface area contributed by atoms with Crippen LogP contribution in [-0.4, -0.2) is 38.6 Å². The van der Waals surface area contributed by atoms with Crippen molar-refractivity contribution in [3.63, 3.8) is 0 Å². The summed E-state index contributed by atoms with van der Waals surface area (Å²) in [6, 6.07) is 14.2. The molecule has 36 heavy (non-hydrogen) atoms. The number of H-pyrrole nitrogens is 1. The van der Waals surface area contributed by atoms with Crippen molar-refractivity contribution in [2.75, 3.05) is 17.7 Å². The summed E-state index contributed by atoms with van der Waals surface area (Å²) in [7, 11) is 1.60. The second-order valence-corrected chi connectivity index (χ2v) is 7.12. The average Bonchev–Trinajstić information content (AvgIpc) is 3.26. The molecule has 4 N–H and O–H groups in total. The third-order valence-corrected chi connectivity index (χ3v) is 4.87. The normalized spacial score (nSPS) is 10.3. The van der Waals surface area contributed by atoms with Crippen LogP contribution in [0.3, 0.4) is 0 Å². The Hall–Kier alpha value is -5.26. The van der Waals surface area contributed by atoms with Gasteiger partial charge in [-0.3, -0.25) is 14.8 Å². The van der Waals surface area contributed by atoms with Gasteiger partial charge < -0.3 is 24.9 Å². The van der Waals surface area contributed by atoms with Crippen molar-refractivity contribution in [2.24, 2.45) is 0 Å². The number of pyridine rings is 1. The maximum atomic E-state index is 14.4. The van der Waals surface area contributed by atoms with E-state index in [0.29, 0.717) is 28.2 Å². The first kappa shape index (κ1) is 23.9. The highest BCUT2D eigenvalue weighted by molar-refractivity contribution is 5.78. The zero-order valence-corrected chi connectivity index (χ0v) is 18.7. The van der Waals surface area contributed by atoms with Crippen LogP contribution < -0.4 is 21.1 Å². The molecule has 12 heteroatoms. The van der Waals surface area contributed by atoms with Gasteiger partial charge in [-0.15, -0.1) is 0 Å². The first-order valence-electron chi connectivity index (χ1n) is 10.4. The molecule has 11 nitrogen and oxygen atoms in total. The predicted octanol–water partition coefficient (Wildman–Crippen LogP) is 4.31. The van der Waals surface area contributed by atoms with Crippen LogP contribution >= 0.6 is 0 Å². The van der Waals surface area contributed by atoms with Gasteiger partial charge in [-0.25, -0.2) is 14.2 Å². The van der Waals surface area contributed by atoms with Gasteiger partial charge in [0.25, 0.3) is 6.47 Å². The van der Waals surface area contributed by atoms with Gasteiger partial charge in [0, 0.05) is 29.3 Å². The van der Waals surface area contributed by atoms with Crippen molar-refractivity contribution < 1.29 is 23.4 Å². The maximum Gasteiger partial charge on any atom is 0.417 e. The topological polar surface area (TPSA) is 155 Å². The molecule has 0 spiro atoms.